The molecule has 1 heterocycles. The topological polar surface area (TPSA) is 32.5 Å². The second-order valence-electron chi connectivity index (χ2n) is 5.28. The molecule has 0 amide bonds. The van der Waals surface area contributed by atoms with Crippen molar-refractivity contribution in [2.75, 3.05) is 32.7 Å². The highest BCUT2D eigenvalue weighted by atomic mass is 15.3. The SMILES string of the molecule is CC(CN)N1CCN(C(C)(C)C)CC1. The molecule has 14 heavy (non-hydrogen) atoms. The summed E-state index contributed by atoms with van der Waals surface area (Å²) in [5, 5.41) is 0. The molecule has 1 aliphatic rings. The molecule has 0 radical (unpaired) electrons. The number of piperazine rings is 1. The van der Waals surface area contributed by atoms with Crippen molar-refractivity contribution in [3.63, 3.8) is 0 Å². The van der Waals surface area contributed by atoms with Crippen LogP contribution in [0.3, 0.4) is 0 Å². The third-order valence-corrected chi connectivity index (χ3v) is 3.23. The fourth-order valence-corrected chi connectivity index (χ4v) is 1.98. The number of nitrogens with zero attached hydrogens (tertiary/aromatic N) is 2. The number of hydrogen-bond acceptors (Lipinski definition) is 3. The van der Waals surface area contributed by atoms with Gasteiger partial charge in [0.25, 0.3) is 0 Å². The summed E-state index contributed by atoms with van der Waals surface area (Å²) >= 11 is 0. The highest BCUT2D eigenvalue weighted by Crippen LogP contribution is 2.16. The molecular weight excluding hydrogens is 174 g/mol. The standard InChI is InChI=1S/C11H25N3/c1-10(9-12)13-5-7-14(8-6-13)11(2,3)4/h10H,5-9,12H2,1-4H3. The molecule has 1 rings (SSSR count). The van der Waals surface area contributed by atoms with Crippen LogP contribution in [0.4, 0.5) is 0 Å². The lowest BCUT2D eigenvalue weighted by atomic mass is 10.0. The van der Waals surface area contributed by atoms with Gasteiger partial charge in [-0.2, -0.15) is 0 Å². The van der Waals surface area contributed by atoms with Crippen LogP contribution in [0.1, 0.15) is 27.7 Å². The summed E-state index contributed by atoms with van der Waals surface area (Å²) in [6.07, 6.45) is 0. The minimum atomic E-state index is 0.318. The van der Waals surface area contributed by atoms with E-state index >= 15 is 0 Å². The summed E-state index contributed by atoms with van der Waals surface area (Å²) in [4.78, 5) is 5.04. The van der Waals surface area contributed by atoms with Gasteiger partial charge in [0.05, 0.1) is 0 Å². The Morgan fingerprint density at radius 1 is 1.14 bits per heavy atom. The first kappa shape index (κ1) is 12.0. The maximum absolute atomic E-state index is 5.67. The van der Waals surface area contributed by atoms with Crippen LogP contribution in [-0.4, -0.2) is 54.1 Å². The van der Waals surface area contributed by atoms with Crippen LogP contribution in [-0.2, 0) is 0 Å². The fourth-order valence-electron chi connectivity index (χ4n) is 1.98. The van der Waals surface area contributed by atoms with E-state index < -0.39 is 0 Å². The van der Waals surface area contributed by atoms with Crippen LogP contribution >= 0.6 is 0 Å². The average molecular weight is 199 g/mol. The molecule has 0 spiro atoms. The van der Waals surface area contributed by atoms with E-state index in [4.69, 9.17) is 5.73 Å². The van der Waals surface area contributed by atoms with Gasteiger partial charge in [0.2, 0.25) is 0 Å². The summed E-state index contributed by atoms with van der Waals surface area (Å²) in [6.45, 7) is 14.5. The Labute approximate surface area is 88.2 Å². The molecule has 1 saturated heterocycles. The van der Waals surface area contributed by atoms with E-state index in [0.29, 0.717) is 11.6 Å². The Morgan fingerprint density at radius 2 is 1.64 bits per heavy atom. The van der Waals surface area contributed by atoms with E-state index in [0.717, 1.165) is 19.6 Å². The molecule has 0 saturated carbocycles. The van der Waals surface area contributed by atoms with Gasteiger partial charge in [-0.25, -0.2) is 0 Å². The maximum Gasteiger partial charge on any atom is 0.0191 e. The molecule has 2 N–H and O–H groups in total. The first-order valence-electron chi connectivity index (χ1n) is 5.64. The smallest absolute Gasteiger partial charge is 0.0191 e. The van der Waals surface area contributed by atoms with Gasteiger partial charge >= 0.3 is 0 Å². The first-order valence-corrected chi connectivity index (χ1v) is 5.64. The van der Waals surface area contributed by atoms with Crippen LogP contribution < -0.4 is 5.73 Å². The Hall–Kier alpha value is -0.120. The number of nitrogens with two attached hydrogens (primary N) is 1. The third kappa shape index (κ3) is 2.94. The van der Waals surface area contributed by atoms with Gasteiger partial charge in [-0.05, 0) is 27.7 Å². The molecule has 1 aliphatic heterocycles. The van der Waals surface area contributed by atoms with E-state index in [-0.39, 0.29) is 0 Å². The predicted octanol–water partition coefficient (Wildman–Crippen LogP) is 0.750. The van der Waals surface area contributed by atoms with Crippen molar-refractivity contribution in [3.05, 3.63) is 0 Å². The number of rotatable bonds is 2. The monoisotopic (exact) mass is 199 g/mol. The van der Waals surface area contributed by atoms with Crippen molar-refractivity contribution >= 4 is 0 Å². The van der Waals surface area contributed by atoms with Gasteiger partial charge in [0, 0.05) is 44.3 Å². The molecular formula is C11H25N3. The first-order chi connectivity index (χ1) is 6.45. The molecule has 0 aromatic rings. The Morgan fingerprint density at radius 3 is 2.00 bits per heavy atom. The van der Waals surface area contributed by atoms with Gasteiger partial charge in [-0.15, -0.1) is 0 Å². The van der Waals surface area contributed by atoms with Crippen molar-refractivity contribution in [1.82, 2.24) is 9.80 Å². The number of hydrogen-bond donors (Lipinski definition) is 1. The lowest BCUT2D eigenvalue weighted by Gasteiger charge is -2.43. The highest BCUT2D eigenvalue weighted by Gasteiger charge is 2.26. The molecule has 1 fully saturated rings. The Balaban J connectivity index is 2.39. The molecule has 0 aliphatic carbocycles. The van der Waals surface area contributed by atoms with Crippen LogP contribution in [0.5, 0.6) is 0 Å². The van der Waals surface area contributed by atoms with Crippen molar-refractivity contribution in [3.8, 4) is 0 Å². The van der Waals surface area contributed by atoms with Gasteiger partial charge in [0.15, 0.2) is 0 Å². The highest BCUT2D eigenvalue weighted by molar-refractivity contribution is 4.83. The molecule has 84 valence electrons. The van der Waals surface area contributed by atoms with Gasteiger partial charge in [-0.3, -0.25) is 9.80 Å². The molecule has 3 nitrogen and oxygen atoms in total. The summed E-state index contributed by atoms with van der Waals surface area (Å²) in [5.41, 5.74) is 5.99. The van der Waals surface area contributed by atoms with Crippen LogP contribution in [0.25, 0.3) is 0 Å². The minimum absolute atomic E-state index is 0.318. The third-order valence-electron chi connectivity index (χ3n) is 3.23. The largest absolute Gasteiger partial charge is 0.329 e. The van der Waals surface area contributed by atoms with Crippen LogP contribution in [0.2, 0.25) is 0 Å². The minimum Gasteiger partial charge on any atom is -0.329 e. The van der Waals surface area contributed by atoms with Crippen LogP contribution in [0, 0.1) is 0 Å². The van der Waals surface area contributed by atoms with Crippen molar-refractivity contribution in [2.24, 2.45) is 5.73 Å². The lowest BCUT2D eigenvalue weighted by molar-refractivity contribution is 0.0473. The summed E-state index contributed by atoms with van der Waals surface area (Å²) in [5.74, 6) is 0. The van der Waals surface area contributed by atoms with E-state index in [1.165, 1.54) is 13.1 Å². The average Bonchev–Trinajstić information content (AvgIpc) is 2.15. The molecule has 1 unspecified atom stereocenters. The zero-order valence-corrected chi connectivity index (χ0v) is 10.1. The van der Waals surface area contributed by atoms with Crippen molar-refractivity contribution in [2.45, 2.75) is 39.3 Å². The van der Waals surface area contributed by atoms with E-state index in [1.54, 1.807) is 0 Å². The van der Waals surface area contributed by atoms with E-state index in [9.17, 15) is 0 Å². The quantitative estimate of drug-likeness (QED) is 0.712. The van der Waals surface area contributed by atoms with Crippen molar-refractivity contribution in [1.29, 1.82) is 0 Å². The zero-order chi connectivity index (χ0) is 10.8. The summed E-state index contributed by atoms with van der Waals surface area (Å²) < 4.78 is 0. The van der Waals surface area contributed by atoms with E-state index in [1.807, 2.05) is 0 Å². The predicted molar refractivity (Wildman–Crippen MR) is 61.4 cm³/mol. The Kier molecular flexibility index (Phi) is 3.93. The molecule has 0 bridgehead atoms. The second-order valence-corrected chi connectivity index (χ2v) is 5.28. The maximum atomic E-state index is 5.67. The normalized spacial score (nSPS) is 23.8. The molecule has 0 aromatic heterocycles. The molecule has 3 heteroatoms. The van der Waals surface area contributed by atoms with E-state index in [2.05, 4.69) is 37.5 Å². The van der Waals surface area contributed by atoms with Gasteiger partial charge in [-0.1, -0.05) is 0 Å². The zero-order valence-electron chi connectivity index (χ0n) is 10.1. The fraction of sp³-hybridized carbons (Fsp3) is 1.00. The summed E-state index contributed by atoms with van der Waals surface area (Å²) in [7, 11) is 0. The van der Waals surface area contributed by atoms with Crippen LogP contribution in [0.15, 0.2) is 0 Å². The van der Waals surface area contributed by atoms with Gasteiger partial charge in [0.1, 0.15) is 0 Å². The summed E-state index contributed by atoms with van der Waals surface area (Å²) in [6, 6.07) is 0.539. The Bertz CT molecular complexity index is 166. The molecule has 1 atom stereocenters. The molecule has 0 aromatic carbocycles. The second kappa shape index (κ2) is 4.60. The van der Waals surface area contributed by atoms with Crippen molar-refractivity contribution < 1.29 is 0 Å². The van der Waals surface area contributed by atoms with Gasteiger partial charge < -0.3 is 5.73 Å². The lowest BCUT2D eigenvalue weighted by Crippen LogP contribution is -2.56.